The molecule has 0 amide bonds. The van der Waals surface area contributed by atoms with Crippen LogP contribution in [0.3, 0.4) is 0 Å². The Hall–Kier alpha value is -1.43. The molecule has 0 spiro atoms. The molecule has 4 nitrogen and oxygen atoms in total. The Balaban J connectivity index is 2.85. The van der Waals surface area contributed by atoms with Gasteiger partial charge in [0.15, 0.2) is 5.69 Å². The van der Waals surface area contributed by atoms with Gasteiger partial charge in [0.1, 0.15) is 5.82 Å². The van der Waals surface area contributed by atoms with Gasteiger partial charge in [0.2, 0.25) is 0 Å². The first-order valence-corrected chi connectivity index (χ1v) is 5.24. The number of esters is 1. The summed E-state index contributed by atoms with van der Waals surface area (Å²) in [6.07, 6.45) is 0. The monoisotopic (exact) mass is 286 g/mol. The van der Waals surface area contributed by atoms with E-state index in [1.54, 1.807) is 19.2 Å². The topological polar surface area (TPSA) is 44.1 Å². The Bertz CT molecular complexity index is 580. The van der Waals surface area contributed by atoms with Crippen molar-refractivity contribution in [2.75, 3.05) is 7.11 Å². The minimum atomic E-state index is -0.650. The number of nitrogens with zero attached hydrogens (tertiary/aromatic N) is 2. The fourth-order valence-corrected chi connectivity index (χ4v) is 1.86. The van der Waals surface area contributed by atoms with Gasteiger partial charge in [0, 0.05) is 7.05 Å². The average molecular weight is 287 g/mol. The van der Waals surface area contributed by atoms with Gasteiger partial charge < -0.3 is 4.74 Å². The average Bonchev–Trinajstić information content (AvgIpc) is 2.61. The number of aromatic nitrogens is 2. The van der Waals surface area contributed by atoms with Crippen molar-refractivity contribution in [2.24, 2.45) is 7.05 Å². The first-order valence-electron chi connectivity index (χ1n) is 4.45. The van der Waals surface area contributed by atoms with Gasteiger partial charge in [0.25, 0.3) is 0 Å². The summed E-state index contributed by atoms with van der Waals surface area (Å²) in [7, 11) is 2.88. The fraction of sp³-hybridized carbons (Fsp3) is 0.200. The van der Waals surface area contributed by atoms with Gasteiger partial charge in [-0.3, -0.25) is 4.68 Å². The van der Waals surface area contributed by atoms with Crippen molar-refractivity contribution < 1.29 is 13.9 Å². The van der Waals surface area contributed by atoms with Gasteiger partial charge in [-0.2, -0.15) is 5.10 Å². The number of aryl methyl sites for hydroxylation is 1. The molecule has 6 heteroatoms. The molecule has 0 radical (unpaired) electrons. The minimum Gasteiger partial charge on any atom is -0.464 e. The van der Waals surface area contributed by atoms with Crippen LogP contribution >= 0.6 is 15.9 Å². The molecule has 0 aliphatic heterocycles. The van der Waals surface area contributed by atoms with Crippen molar-refractivity contribution in [1.29, 1.82) is 0 Å². The van der Waals surface area contributed by atoms with E-state index in [2.05, 4.69) is 25.8 Å². The third-order valence-electron chi connectivity index (χ3n) is 2.29. The molecule has 0 bridgehead atoms. The number of hydrogen-bond donors (Lipinski definition) is 0. The number of carbonyl (C=O) groups is 1. The molecule has 1 aromatic carbocycles. The van der Waals surface area contributed by atoms with E-state index < -0.39 is 11.8 Å². The van der Waals surface area contributed by atoms with E-state index in [1.165, 1.54) is 11.8 Å². The molecule has 0 saturated heterocycles. The lowest BCUT2D eigenvalue weighted by molar-refractivity contribution is 0.0595. The summed E-state index contributed by atoms with van der Waals surface area (Å²) >= 11 is 3.07. The number of ether oxygens (including phenoxy) is 1. The van der Waals surface area contributed by atoms with Crippen LogP contribution in [0.4, 0.5) is 4.39 Å². The third-order valence-corrected chi connectivity index (χ3v) is 2.90. The second kappa shape index (κ2) is 3.86. The molecule has 0 saturated carbocycles. The van der Waals surface area contributed by atoms with E-state index in [0.717, 1.165) is 0 Å². The largest absolute Gasteiger partial charge is 0.464 e. The van der Waals surface area contributed by atoms with Crippen molar-refractivity contribution in [3.63, 3.8) is 0 Å². The molecule has 0 N–H and O–H groups in total. The Morgan fingerprint density at radius 3 is 2.88 bits per heavy atom. The molecule has 1 heterocycles. The summed E-state index contributed by atoms with van der Waals surface area (Å²) in [5.41, 5.74) is 0.528. The van der Waals surface area contributed by atoms with Crippen LogP contribution in [0.15, 0.2) is 16.6 Å². The maximum absolute atomic E-state index is 13.9. The predicted molar refractivity (Wildman–Crippen MR) is 59.7 cm³/mol. The Morgan fingerprint density at radius 1 is 1.56 bits per heavy atom. The molecular formula is C10H8BrFN2O2. The van der Waals surface area contributed by atoms with Gasteiger partial charge in [-0.1, -0.05) is 0 Å². The Labute approximate surface area is 99.1 Å². The van der Waals surface area contributed by atoms with E-state index in [0.29, 0.717) is 5.52 Å². The summed E-state index contributed by atoms with van der Waals surface area (Å²) in [6.45, 7) is 0. The normalized spacial score (nSPS) is 10.8. The molecule has 2 rings (SSSR count). The summed E-state index contributed by atoms with van der Waals surface area (Å²) in [6, 6.07) is 3.25. The molecule has 1 aromatic heterocycles. The molecule has 0 fully saturated rings. The van der Waals surface area contributed by atoms with Crippen LogP contribution in [0, 0.1) is 5.82 Å². The maximum atomic E-state index is 13.9. The highest BCUT2D eigenvalue weighted by molar-refractivity contribution is 9.10. The highest BCUT2D eigenvalue weighted by Gasteiger charge is 2.21. The van der Waals surface area contributed by atoms with E-state index in [4.69, 9.17) is 0 Å². The van der Waals surface area contributed by atoms with Gasteiger partial charge in [-0.05, 0) is 28.1 Å². The van der Waals surface area contributed by atoms with Crippen molar-refractivity contribution in [2.45, 2.75) is 0 Å². The number of benzene rings is 1. The van der Waals surface area contributed by atoms with E-state index in [-0.39, 0.29) is 15.6 Å². The lowest BCUT2D eigenvalue weighted by atomic mass is 10.2. The number of carbonyl (C=O) groups excluding carboxylic acids is 1. The second-order valence-corrected chi connectivity index (χ2v) is 4.07. The Morgan fingerprint density at radius 2 is 2.25 bits per heavy atom. The van der Waals surface area contributed by atoms with Crippen LogP contribution in [0.5, 0.6) is 0 Å². The minimum absolute atomic E-state index is 0.0150. The van der Waals surface area contributed by atoms with E-state index in [1.807, 2.05) is 0 Å². The molecule has 16 heavy (non-hydrogen) atoms. The SMILES string of the molecule is COC(=O)c1nn(C)c2ccc(Br)c(F)c12. The number of methoxy groups -OCH3 is 1. The van der Waals surface area contributed by atoms with Crippen LogP contribution < -0.4 is 0 Å². The number of hydrogen-bond acceptors (Lipinski definition) is 3. The van der Waals surface area contributed by atoms with Crippen molar-refractivity contribution in [3.05, 3.63) is 28.1 Å². The summed E-state index contributed by atoms with van der Waals surface area (Å²) in [5.74, 6) is -1.16. The van der Waals surface area contributed by atoms with E-state index >= 15 is 0 Å². The molecule has 84 valence electrons. The molecule has 0 unspecified atom stereocenters. The van der Waals surface area contributed by atoms with Gasteiger partial charge >= 0.3 is 5.97 Å². The third kappa shape index (κ3) is 1.49. The van der Waals surface area contributed by atoms with Crippen molar-refractivity contribution in [3.8, 4) is 0 Å². The van der Waals surface area contributed by atoms with Crippen LogP contribution in [0.2, 0.25) is 0 Å². The molecule has 0 aliphatic carbocycles. The standard InChI is InChI=1S/C10H8BrFN2O2/c1-14-6-4-3-5(11)8(12)7(6)9(13-14)10(15)16-2/h3-4H,1-2H3. The molecule has 2 aromatic rings. The fourth-order valence-electron chi connectivity index (χ4n) is 1.53. The van der Waals surface area contributed by atoms with Crippen molar-refractivity contribution in [1.82, 2.24) is 9.78 Å². The molecule has 0 aliphatic rings. The zero-order chi connectivity index (χ0) is 11.9. The smallest absolute Gasteiger partial charge is 0.359 e. The van der Waals surface area contributed by atoms with Crippen LogP contribution in [0.25, 0.3) is 10.9 Å². The van der Waals surface area contributed by atoms with Gasteiger partial charge in [0.05, 0.1) is 22.5 Å². The lowest BCUT2D eigenvalue weighted by Gasteiger charge is -1.98. The van der Waals surface area contributed by atoms with Crippen LogP contribution in [-0.4, -0.2) is 22.9 Å². The van der Waals surface area contributed by atoms with Gasteiger partial charge in [-0.25, -0.2) is 9.18 Å². The van der Waals surface area contributed by atoms with E-state index in [9.17, 15) is 9.18 Å². The Kier molecular flexibility index (Phi) is 2.67. The summed E-state index contributed by atoms with van der Waals surface area (Å²) < 4.78 is 20.1. The molecular weight excluding hydrogens is 279 g/mol. The number of fused-ring (bicyclic) bond motifs is 1. The predicted octanol–water partition coefficient (Wildman–Crippen LogP) is 2.26. The summed E-state index contributed by atoms with van der Waals surface area (Å²) in [5, 5.41) is 4.11. The van der Waals surface area contributed by atoms with Gasteiger partial charge in [-0.15, -0.1) is 0 Å². The first-order chi connectivity index (χ1) is 7.56. The summed E-state index contributed by atoms with van der Waals surface area (Å²) in [4.78, 5) is 11.4. The second-order valence-electron chi connectivity index (χ2n) is 3.22. The van der Waals surface area contributed by atoms with Crippen LogP contribution in [0.1, 0.15) is 10.5 Å². The first kappa shape index (κ1) is 11.1. The number of halogens is 2. The zero-order valence-corrected chi connectivity index (χ0v) is 10.2. The lowest BCUT2D eigenvalue weighted by Crippen LogP contribution is -2.04. The van der Waals surface area contributed by atoms with Crippen molar-refractivity contribution >= 4 is 32.8 Å². The maximum Gasteiger partial charge on any atom is 0.359 e. The zero-order valence-electron chi connectivity index (χ0n) is 8.62. The molecule has 0 atom stereocenters. The number of rotatable bonds is 1. The highest BCUT2D eigenvalue weighted by atomic mass is 79.9. The van der Waals surface area contributed by atoms with Crippen LogP contribution in [-0.2, 0) is 11.8 Å². The highest BCUT2D eigenvalue weighted by Crippen LogP contribution is 2.27. The quantitative estimate of drug-likeness (QED) is 0.756.